The molecule has 0 radical (unpaired) electrons. The molecule has 0 spiro atoms. The second-order valence-corrected chi connectivity index (χ2v) is 5.56. The van der Waals surface area contributed by atoms with E-state index in [1.807, 2.05) is 6.92 Å². The van der Waals surface area contributed by atoms with Crippen molar-refractivity contribution in [3.63, 3.8) is 0 Å². The lowest BCUT2D eigenvalue weighted by molar-refractivity contribution is 0.0711. The highest BCUT2D eigenvalue weighted by molar-refractivity contribution is 7.15. The number of nitrogens with one attached hydrogen (secondary N) is 2. The second kappa shape index (κ2) is 7.91. The van der Waals surface area contributed by atoms with Gasteiger partial charge in [0, 0.05) is 6.04 Å². The summed E-state index contributed by atoms with van der Waals surface area (Å²) in [5, 5.41) is 11.4. The molecule has 1 aromatic rings. The highest BCUT2D eigenvalue weighted by atomic mass is 32.1. The van der Waals surface area contributed by atoms with Crippen LogP contribution in [0, 0.1) is 0 Å². The fourth-order valence-electron chi connectivity index (χ4n) is 1.70. The summed E-state index contributed by atoms with van der Waals surface area (Å²) in [6, 6.07) is 3.23. The number of carbonyl (C=O) groups is 2. The summed E-state index contributed by atoms with van der Waals surface area (Å²) in [6.07, 6.45) is 4.38. The number of unbranched alkanes of at least 4 members (excludes halogenated alkanes) is 2. The first kappa shape index (κ1) is 15.7. The molecule has 106 valence electrons. The Balaban J connectivity index is 2.49. The van der Waals surface area contributed by atoms with Crippen molar-refractivity contribution >= 4 is 23.2 Å². The van der Waals surface area contributed by atoms with Crippen LogP contribution in [0.15, 0.2) is 12.1 Å². The van der Waals surface area contributed by atoms with Gasteiger partial charge in [-0.25, -0.2) is 5.48 Å². The highest BCUT2D eigenvalue weighted by Crippen LogP contribution is 2.16. The first-order valence-electron chi connectivity index (χ1n) is 6.43. The summed E-state index contributed by atoms with van der Waals surface area (Å²) in [5.41, 5.74) is 1.55. The number of thiophene rings is 1. The maximum atomic E-state index is 11.9. The van der Waals surface area contributed by atoms with Crippen LogP contribution in [0.5, 0.6) is 0 Å². The number of rotatable bonds is 7. The maximum absolute atomic E-state index is 11.9. The van der Waals surface area contributed by atoms with Gasteiger partial charge in [-0.1, -0.05) is 26.2 Å². The van der Waals surface area contributed by atoms with Crippen molar-refractivity contribution in [1.29, 1.82) is 0 Å². The summed E-state index contributed by atoms with van der Waals surface area (Å²) >= 11 is 1.06. The van der Waals surface area contributed by atoms with E-state index in [2.05, 4.69) is 12.2 Å². The van der Waals surface area contributed by atoms with Crippen LogP contribution in [-0.2, 0) is 0 Å². The fourth-order valence-corrected chi connectivity index (χ4v) is 2.50. The minimum Gasteiger partial charge on any atom is -0.349 e. The van der Waals surface area contributed by atoms with Gasteiger partial charge in [0.25, 0.3) is 11.8 Å². The van der Waals surface area contributed by atoms with Gasteiger partial charge in [-0.15, -0.1) is 11.3 Å². The van der Waals surface area contributed by atoms with Gasteiger partial charge >= 0.3 is 0 Å². The van der Waals surface area contributed by atoms with E-state index in [0.29, 0.717) is 9.75 Å². The molecule has 0 aromatic carbocycles. The van der Waals surface area contributed by atoms with Gasteiger partial charge in [0.1, 0.15) is 0 Å². The van der Waals surface area contributed by atoms with Gasteiger partial charge in [0.15, 0.2) is 0 Å². The predicted molar refractivity (Wildman–Crippen MR) is 74.6 cm³/mol. The van der Waals surface area contributed by atoms with E-state index in [-0.39, 0.29) is 11.9 Å². The van der Waals surface area contributed by atoms with E-state index in [1.54, 1.807) is 11.5 Å². The van der Waals surface area contributed by atoms with E-state index >= 15 is 0 Å². The monoisotopic (exact) mass is 284 g/mol. The third kappa shape index (κ3) is 5.00. The molecule has 0 saturated heterocycles. The van der Waals surface area contributed by atoms with E-state index < -0.39 is 5.91 Å². The normalized spacial score (nSPS) is 11.9. The zero-order chi connectivity index (χ0) is 14.3. The summed E-state index contributed by atoms with van der Waals surface area (Å²) < 4.78 is 0. The Morgan fingerprint density at radius 2 is 1.89 bits per heavy atom. The lowest BCUT2D eigenvalue weighted by Gasteiger charge is -2.12. The van der Waals surface area contributed by atoms with Crippen molar-refractivity contribution in [2.75, 3.05) is 0 Å². The Bertz CT molecular complexity index is 431. The van der Waals surface area contributed by atoms with Gasteiger partial charge in [-0.3, -0.25) is 14.8 Å². The predicted octanol–water partition coefficient (Wildman–Crippen LogP) is 2.57. The Labute approximate surface area is 117 Å². The van der Waals surface area contributed by atoms with Crippen molar-refractivity contribution in [3.8, 4) is 0 Å². The average molecular weight is 284 g/mol. The molecular weight excluding hydrogens is 264 g/mol. The number of hydroxylamine groups is 1. The van der Waals surface area contributed by atoms with Crippen LogP contribution >= 0.6 is 11.3 Å². The zero-order valence-electron chi connectivity index (χ0n) is 11.2. The standard InChI is InChI=1S/C13H20N2O3S/c1-3-4-5-6-9(2)14-12(16)10-7-8-11(19-10)13(17)15-18/h7-9,18H,3-6H2,1-2H3,(H,14,16)(H,15,17). The zero-order valence-corrected chi connectivity index (χ0v) is 12.0. The SMILES string of the molecule is CCCCCC(C)NC(=O)c1ccc(C(=O)NO)s1. The summed E-state index contributed by atoms with van der Waals surface area (Å²) in [4.78, 5) is 23.9. The lowest BCUT2D eigenvalue weighted by Crippen LogP contribution is -2.31. The molecule has 0 aliphatic heterocycles. The Hall–Kier alpha value is -1.40. The molecule has 0 saturated carbocycles. The van der Waals surface area contributed by atoms with Crippen molar-refractivity contribution < 1.29 is 14.8 Å². The molecule has 1 rings (SSSR count). The summed E-state index contributed by atoms with van der Waals surface area (Å²) in [6.45, 7) is 4.12. The van der Waals surface area contributed by atoms with Crippen LogP contribution in [0.25, 0.3) is 0 Å². The van der Waals surface area contributed by atoms with Gasteiger partial charge in [-0.05, 0) is 25.5 Å². The van der Waals surface area contributed by atoms with E-state index in [9.17, 15) is 9.59 Å². The van der Waals surface area contributed by atoms with Crippen molar-refractivity contribution in [2.45, 2.75) is 45.6 Å². The Kier molecular flexibility index (Phi) is 6.52. The molecule has 2 amide bonds. The topological polar surface area (TPSA) is 78.4 Å². The molecule has 0 fully saturated rings. The minimum absolute atomic E-state index is 0.122. The smallest absolute Gasteiger partial charge is 0.284 e. The van der Waals surface area contributed by atoms with Crippen molar-refractivity contribution in [3.05, 3.63) is 21.9 Å². The first-order chi connectivity index (χ1) is 9.08. The average Bonchev–Trinajstić information content (AvgIpc) is 2.87. The number of amides is 2. The van der Waals surface area contributed by atoms with Crippen LogP contribution in [-0.4, -0.2) is 23.1 Å². The number of hydrogen-bond donors (Lipinski definition) is 3. The third-order valence-electron chi connectivity index (χ3n) is 2.77. The molecule has 5 nitrogen and oxygen atoms in total. The Morgan fingerprint density at radius 1 is 1.26 bits per heavy atom. The summed E-state index contributed by atoms with van der Waals surface area (Å²) in [5.74, 6) is -0.772. The number of hydrogen-bond acceptors (Lipinski definition) is 4. The second-order valence-electron chi connectivity index (χ2n) is 4.48. The van der Waals surface area contributed by atoms with Gasteiger partial charge in [0.05, 0.1) is 9.75 Å². The molecule has 3 N–H and O–H groups in total. The van der Waals surface area contributed by atoms with Gasteiger partial charge in [-0.2, -0.15) is 0 Å². The fraction of sp³-hybridized carbons (Fsp3) is 0.538. The van der Waals surface area contributed by atoms with Crippen molar-refractivity contribution in [1.82, 2.24) is 10.8 Å². The van der Waals surface area contributed by atoms with Crippen LogP contribution < -0.4 is 10.8 Å². The molecule has 1 atom stereocenters. The lowest BCUT2D eigenvalue weighted by atomic mass is 10.1. The van der Waals surface area contributed by atoms with Gasteiger partial charge < -0.3 is 5.32 Å². The molecule has 0 aliphatic carbocycles. The quantitative estimate of drug-likeness (QED) is 0.409. The van der Waals surface area contributed by atoms with Crippen LogP contribution in [0.3, 0.4) is 0 Å². The molecule has 1 heterocycles. The molecule has 6 heteroatoms. The highest BCUT2D eigenvalue weighted by Gasteiger charge is 2.14. The van der Waals surface area contributed by atoms with Gasteiger partial charge in [0.2, 0.25) is 0 Å². The van der Waals surface area contributed by atoms with Crippen molar-refractivity contribution in [2.24, 2.45) is 0 Å². The molecule has 1 unspecified atom stereocenters. The van der Waals surface area contributed by atoms with Crippen LogP contribution in [0.4, 0.5) is 0 Å². The third-order valence-corrected chi connectivity index (χ3v) is 3.86. The number of carbonyl (C=O) groups excluding carboxylic acids is 2. The maximum Gasteiger partial charge on any atom is 0.284 e. The molecular formula is C13H20N2O3S. The molecule has 0 bridgehead atoms. The van der Waals surface area contributed by atoms with Crippen LogP contribution in [0.1, 0.15) is 58.9 Å². The molecule has 0 aliphatic rings. The summed E-state index contributed by atoms with van der Waals surface area (Å²) in [7, 11) is 0. The minimum atomic E-state index is -0.597. The van der Waals surface area contributed by atoms with Crippen LogP contribution in [0.2, 0.25) is 0 Å². The first-order valence-corrected chi connectivity index (χ1v) is 7.25. The Morgan fingerprint density at radius 3 is 2.47 bits per heavy atom. The largest absolute Gasteiger partial charge is 0.349 e. The van der Waals surface area contributed by atoms with E-state index in [4.69, 9.17) is 5.21 Å². The molecule has 19 heavy (non-hydrogen) atoms. The molecule has 1 aromatic heterocycles. The van der Waals surface area contributed by atoms with E-state index in [1.165, 1.54) is 12.5 Å². The van der Waals surface area contributed by atoms with E-state index in [0.717, 1.165) is 30.6 Å².